The molecule has 0 unspecified atom stereocenters. The van der Waals surface area contributed by atoms with Crippen LogP contribution in [0.4, 0.5) is 5.69 Å². The number of nitrogens with one attached hydrogen (secondary N) is 1. The van der Waals surface area contributed by atoms with Crippen molar-refractivity contribution >= 4 is 11.5 Å². The smallest absolute Gasteiger partial charge is 0.161 e. The van der Waals surface area contributed by atoms with Crippen LogP contribution in [0.3, 0.4) is 0 Å². The summed E-state index contributed by atoms with van der Waals surface area (Å²) in [6.45, 7) is 3.95. The van der Waals surface area contributed by atoms with E-state index in [-0.39, 0.29) is 5.78 Å². The van der Waals surface area contributed by atoms with Gasteiger partial charge >= 0.3 is 0 Å². The molecule has 0 aliphatic heterocycles. The van der Waals surface area contributed by atoms with Crippen LogP contribution in [0.5, 0.6) is 0 Å². The lowest BCUT2D eigenvalue weighted by Crippen LogP contribution is -2.25. The van der Waals surface area contributed by atoms with Gasteiger partial charge in [0, 0.05) is 30.9 Å². The van der Waals surface area contributed by atoms with E-state index in [1.54, 1.807) is 18.2 Å². The van der Waals surface area contributed by atoms with E-state index in [0.717, 1.165) is 18.8 Å². The average Bonchev–Trinajstić information content (AvgIpc) is 2.55. The molecule has 1 N–H and O–H groups in total. The summed E-state index contributed by atoms with van der Waals surface area (Å²) in [5, 5.41) is 12.3. The molecule has 0 saturated heterocycles. The minimum atomic E-state index is -0.00497. The summed E-state index contributed by atoms with van der Waals surface area (Å²) in [6, 6.07) is 17.5. The Hall–Kier alpha value is -2.64. The van der Waals surface area contributed by atoms with E-state index in [0.29, 0.717) is 17.7 Å². The normalized spacial score (nSPS) is 10.3. The van der Waals surface area contributed by atoms with Crippen molar-refractivity contribution < 1.29 is 4.79 Å². The number of Topliss-reactive ketones (excluding diaryl/α,β-unsaturated/α-hetero) is 1. The zero-order valence-corrected chi connectivity index (χ0v) is 13.5. The third kappa shape index (κ3) is 4.94. The molecule has 0 saturated carbocycles. The number of carbonyl (C=O) groups excluding carboxylic acids is 1. The number of benzene rings is 2. The molecule has 0 spiro atoms. The second-order valence-electron chi connectivity index (χ2n) is 5.58. The van der Waals surface area contributed by atoms with Crippen LogP contribution in [0.25, 0.3) is 0 Å². The number of ketones is 1. The predicted molar refractivity (Wildman–Crippen MR) is 92.4 cm³/mol. The zero-order chi connectivity index (χ0) is 16.7. The average molecular weight is 307 g/mol. The first-order valence-electron chi connectivity index (χ1n) is 7.61. The van der Waals surface area contributed by atoms with E-state index in [2.05, 4.69) is 35.5 Å². The Morgan fingerprint density at radius 1 is 1.22 bits per heavy atom. The van der Waals surface area contributed by atoms with Gasteiger partial charge in [-0.1, -0.05) is 30.3 Å². The van der Waals surface area contributed by atoms with Crippen LogP contribution < -0.4 is 5.32 Å². The number of rotatable bonds is 7. The molecule has 4 nitrogen and oxygen atoms in total. The molecule has 0 amide bonds. The second-order valence-corrected chi connectivity index (χ2v) is 5.58. The van der Waals surface area contributed by atoms with Crippen LogP contribution >= 0.6 is 0 Å². The number of nitrogens with zero attached hydrogens (tertiary/aromatic N) is 2. The van der Waals surface area contributed by atoms with Gasteiger partial charge < -0.3 is 10.2 Å². The first kappa shape index (κ1) is 16.7. The lowest BCUT2D eigenvalue weighted by atomic mass is 10.1. The maximum atomic E-state index is 11.7. The van der Waals surface area contributed by atoms with Crippen molar-refractivity contribution in [2.24, 2.45) is 0 Å². The van der Waals surface area contributed by atoms with E-state index >= 15 is 0 Å². The predicted octanol–water partition coefficient (Wildman–Crippen LogP) is 3.30. The molecule has 4 heteroatoms. The summed E-state index contributed by atoms with van der Waals surface area (Å²) < 4.78 is 0. The van der Waals surface area contributed by atoms with Crippen molar-refractivity contribution in [3.05, 3.63) is 65.2 Å². The maximum Gasteiger partial charge on any atom is 0.161 e. The van der Waals surface area contributed by atoms with Crippen LogP contribution in [0.15, 0.2) is 48.5 Å². The fourth-order valence-corrected chi connectivity index (χ4v) is 2.42. The number of carbonyl (C=O) groups is 1. The third-order valence-corrected chi connectivity index (χ3v) is 3.63. The first-order valence-corrected chi connectivity index (χ1v) is 7.61. The summed E-state index contributed by atoms with van der Waals surface area (Å²) in [5.74, 6) is -0.00497. The number of likely N-dealkylation sites (N-methyl/N-ethyl adjacent to an activating group) is 1. The summed E-state index contributed by atoms with van der Waals surface area (Å²) in [5.41, 5.74) is 3.17. The number of hydrogen-bond donors (Lipinski definition) is 1. The molecule has 2 aromatic rings. The zero-order valence-electron chi connectivity index (χ0n) is 13.5. The van der Waals surface area contributed by atoms with E-state index in [1.807, 2.05) is 18.2 Å². The monoisotopic (exact) mass is 307 g/mol. The highest BCUT2D eigenvalue weighted by Gasteiger charge is 2.08. The Balaban J connectivity index is 1.93. The number of anilines is 1. The SMILES string of the molecule is CC(=O)c1ccc(C#N)cc1NCCN(C)Cc1ccccc1. The Kier molecular flexibility index (Phi) is 5.90. The molecule has 0 heterocycles. The summed E-state index contributed by atoms with van der Waals surface area (Å²) in [4.78, 5) is 13.9. The highest BCUT2D eigenvalue weighted by Crippen LogP contribution is 2.18. The molecule has 0 radical (unpaired) electrons. The first-order chi connectivity index (χ1) is 11.1. The molecule has 118 valence electrons. The summed E-state index contributed by atoms with van der Waals surface area (Å²) >= 11 is 0. The van der Waals surface area contributed by atoms with Gasteiger partial charge in [0.25, 0.3) is 0 Å². The highest BCUT2D eigenvalue weighted by atomic mass is 16.1. The van der Waals surface area contributed by atoms with E-state index in [1.165, 1.54) is 12.5 Å². The standard InChI is InChI=1S/C19H21N3O/c1-15(23)18-9-8-17(13-20)12-19(18)21-10-11-22(2)14-16-6-4-3-5-7-16/h3-9,12,21H,10-11,14H2,1-2H3. The van der Waals surface area contributed by atoms with Crippen LogP contribution in [-0.2, 0) is 6.54 Å². The van der Waals surface area contributed by atoms with Crippen molar-refractivity contribution in [1.29, 1.82) is 5.26 Å². The van der Waals surface area contributed by atoms with Gasteiger partial charge in [0.15, 0.2) is 5.78 Å². The molecular weight excluding hydrogens is 286 g/mol. The summed E-state index contributed by atoms with van der Waals surface area (Å²) in [6.07, 6.45) is 0. The van der Waals surface area contributed by atoms with E-state index in [9.17, 15) is 4.79 Å². The quantitative estimate of drug-likeness (QED) is 0.797. The molecule has 2 aromatic carbocycles. The van der Waals surface area contributed by atoms with Crippen molar-refractivity contribution in [2.45, 2.75) is 13.5 Å². The molecular formula is C19H21N3O. The van der Waals surface area contributed by atoms with Crippen molar-refractivity contribution in [3.63, 3.8) is 0 Å². The second kappa shape index (κ2) is 8.11. The molecule has 0 atom stereocenters. The molecule has 0 fully saturated rings. The van der Waals surface area contributed by atoms with Crippen molar-refractivity contribution in [2.75, 3.05) is 25.5 Å². The van der Waals surface area contributed by atoms with Crippen molar-refractivity contribution in [1.82, 2.24) is 4.90 Å². The van der Waals surface area contributed by atoms with Gasteiger partial charge in [-0.05, 0) is 37.7 Å². The van der Waals surface area contributed by atoms with Gasteiger partial charge in [0.2, 0.25) is 0 Å². The third-order valence-electron chi connectivity index (χ3n) is 3.63. The van der Waals surface area contributed by atoms with Gasteiger partial charge in [-0.2, -0.15) is 5.26 Å². The Morgan fingerprint density at radius 3 is 2.61 bits per heavy atom. The molecule has 0 aliphatic rings. The van der Waals surface area contributed by atoms with E-state index in [4.69, 9.17) is 5.26 Å². The molecule has 0 aliphatic carbocycles. The highest BCUT2D eigenvalue weighted by molar-refractivity contribution is 5.99. The van der Waals surface area contributed by atoms with Crippen molar-refractivity contribution in [3.8, 4) is 6.07 Å². The number of hydrogen-bond acceptors (Lipinski definition) is 4. The van der Waals surface area contributed by atoms with E-state index < -0.39 is 0 Å². The maximum absolute atomic E-state index is 11.7. The largest absolute Gasteiger partial charge is 0.383 e. The molecule has 23 heavy (non-hydrogen) atoms. The lowest BCUT2D eigenvalue weighted by molar-refractivity contribution is 0.101. The fourth-order valence-electron chi connectivity index (χ4n) is 2.42. The lowest BCUT2D eigenvalue weighted by Gasteiger charge is -2.18. The van der Waals surface area contributed by atoms with Gasteiger partial charge in [0.05, 0.1) is 11.6 Å². The van der Waals surface area contributed by atoms with Crippen LogP contribution in [0.2, 0.25) is 0 Å². The minimum Gasteiger partial charge on any atom is -0.383 e. The van der Waals surface area contributed by atoms with Crippen LogP contribution in [0.1, 0.15) is 28.4 Å². The fraction of sp³-hybridized carbons (Fsp3) is 0.263. The Morgan fingerprint density at radius 2 is 1.96 bits per heavy atom. The minimum absolute atomic E-state index is 0.00497. The van der Waals surface area contributed by atoms with Crippen LogP contribution in [0, 0.1) is 11.3 Å². The van der Waals surface area contributed by atoms with Gasteiger partial charge in [-0.25, -0.2) is 0 Å². The van der Waals surface area contributed by atoms with Crippen LogP contribution in [-0.4, -0.2) is 30.8 Å². The van der Waals surface area contributed by atoms with Gasteiger partial charge in [-0.15, -0.1) is 0 Å². The van der Waals surface area contributed by atoms with Gasteiger partial charge in [0.1, 0.15) is 0 Å². The van der Waals surface area contributed by atoms with Gasteiger partial charge in [-0.3, -0.25) is 4.79 Å². The molecule has 0 bridgehead atoms. The Bertz CT molecular complexity index is 704. The molecule has 2 rings (SSSR count). The number of nitriles is 1. The summed E-state index contributed by atoms with van der Waals surface area (Å²) in [7, 11) is 2.06. The molecule has 0 aromatic heterocycles. The topological polar surface area (TPSA) is 56.1 Å². The Labute approximate surface area is 137 Å².